The molecule has 0 aromatic rings. The van der Waals surface area contributed by atoms with Crippen molar-refractivity contribution in [3.8, 4) is 12.1 Å². The van der Waals surface area contributed by atoms with Gasteiger partial charge in [0.2, 0.25) is 0 Å². The van der Waals surface area contributed by atoms with Gasteiger partial charge in [0, 0.05) is 5.75 Å². The minimum absolute atomic E-state index is 0.233. The number of hydrogen-bond donors (Lipinski definition) is 0. The van der Waals surface area contributed by atoms with E-state index in [1.54, 1.807) is 0 Å². The molecule has 1 heterocycles. The van der Waals surface area contributed by atoms with Gasteiger partial charge in [0.1, 0.15) is 0 Å². The summed E-state index contributed by atoms with van der Waals surface area (Å²) >= 11 is 0.612. The van der Waals surface area contributed by atoms with E-state index in [0.29, 0.717) is 37.4 Å². The third kappa shape index (κ3) is 1.72. The highest BCUT2D eigenvalue weighted by atomic mass is 32.2. The highest BCUT2D eigenvalue weighted by Gasteiger charge is 2.90. The van der Waals surface area contributed by atoms with Gasteiger partial charge < -0.3 is 0 Å². The summed E-state index contributed by atoms with van der Waals surface area (Å²) in [6.07, 6.45) is -8.23. The lowest BCUT2D eigenvalue weighted by atomic mass is 9.42. The maximum absolute atomic E-state index is 14.4. The number of nitrogens with zero attached hydrogens (tertiary/aromatic N) is 2. The molecule has 1 aliphatic heterocycles. The number of thioether (sulfide) groups is 1. The molecule has 4 bridgehead atoms. The quantitative estimate of drug-likeness (QED) is 0.539. The van der Waals surface area contributed by atoms with Crippen molar-refractivity contribution in [1.29, 1.82) is 10.5 Å². The Kier molecular flexibility index (Phi) is 3.54. The summed E-state index contributed by atoms with van der Waals surface area (Å²) in [6.45, 7) is 0. The highest BCUT2D eigenvalue weighted by molar-refractivity contribution is 8.01. The van der Waals surface area contributed by atoms with Crippen molar-refractivity contribution in [1.82, 2.24) is 0 Å². The molecule has 1 saturated heterocycles. The molecule has 142 valence electrons. The van der Waals surface area contributed by atoms with Crippen molar-refractivity contribution >= 4 is 11.8 Å². The van der Waals surface area contributed by atoms with Gasteiger partial charge in [-0.1, -0.05) is 0 Å². The van der Waals surface area contributed by atoms with Gasteiger partial charge >= 0.3 is 12.4 Å². The average molecular weight is 394 g/mol. The van der Waals surface area contributed by atoms with Gasteiger partial charge in [0.15, 0.2) is 10.8 Å². The molecule has 4 aliphatic carbocycles. The standard InChI is InChI=1S/C17H16F6N2S/c18-16(19,20)13(6-24)8-26-15(14(13,7-25)17(21,22)23)11-2-9-1-10(4-11)5-12(15)3-9/h9-12H,1-5,8H2/t9?,10?,11?,12?,13-,14+,15?/m1/s1. The second-order valence-electron chi connectivity index (χ2n) is 8.26. The predicted molar refractivity (Wildman–Crippen MR) is 80.4 cm³/mol. The van der Waals surface area contributed by atoms with Crippen LogP contribution in [0.15, 0.2) is 0 Å². The minimum Gasteiger partial charge on any atom is -0.197 e. The summed E-state index contributed by atoms with van der Waals surface area (Å²) in [5.41, 5.74) is -7.46. The van der Waals surface area contributed by atoms with Gasteiger partial charge in [-0.15, -0.1) is 0 Å². The smallest absolute Gasteiger partial charge is 0.197 e. The van der Waals surface area contributed by atoms with Crippen LogP contribution in [-0.4, -0.2) is 22.9 Å². The fourth-order valence-corrected chi connectivity index (χ4v) is 9.00. The first-order valence-corrected chi connectivity index (χ1v) is 9.57. The van der Waals surface area contributed by atoms with Gasteiger partial charge in [-0.25, -0.2) is 0 Å². The Balaban J connectivity index is 2.01. The zero-order chi connectivity index (χ0) is 19.2. The van der Waals surface area contributed by atoms with E-state index < -0.39 is 45.5 Å². The van der Waals surface area contributed by atoms with Crippen LogP contribution in [-0.2, 0) is 0 Å². The monoisotopic (exact) mass is 394 g/mol. The van der Waals surface area contributed by atoms with Gasteiger partial charge in [-0.3, -0.25) is 0 Å². The summed E-state index contributed by atoms with van der Waals surface area (Å²) in [7, 11) is 0. The Morgan fingerprint density at radius 3 is 1.62 bits per heavy atom. The van der Waals surface area contributed by atoms with E-state index in [-0.39, 0.29) is 11.8 Å². The van der Waals surface area contributed by atoms with E-state index in [2.05, 4.69) is 0 Å². The molecule has 5 aliphatic rings. The molecule has 0 amide bonds. The molecule has 5 rings (SSSR count). The second kappa shape index (κ2) is 5.04. The van der Waals surface area contributed by atoms with Crippen LogP contribution in [0.25, 0.3) is 0 Å². The molecule has 0 aromatic carbocycles. The lowest BCUT2D eigenvalue weighted by Crippen LogP contribution is -2.71. The average Bonchev–Trinajstić information content (AvgIpc) is 2.84. The molecule has 5 fully saturated rings. The first kappa shape index (κ1) is 18.3. The third-order valence-corrected chi connectivity index (χ3v) is 9.40. The van der Waals surface area contributed by atoms with Crippen LogP contribution >= 0.6 is 11.8 Å². The summed E-state index contributed by atoms with van der Waals surface area (Å²) in [6, 6.07) is 2.06. The minimum atomic E-state index is -5.44. The van der Waals surface area contributed by atoms with Gasteiger partial charge in [0.25, 0.3) is 0 Å². The van der Waals surface area contributed by atoms with Crippen LogP contribution in [0, 0.1) is 57.2 Å². The van der Waals surface area contributed by atoms with Crippen molar-refractivity contribution in [2.75, 3.05) is 5.75 Å². The van der Waals surface area contributed by atoms with Gasteiger partial charge in [-0.05, 0) is 55.8 Å². The largest absolute Gasteiger partial charge is 0.410 e. The van der Waals surface area contributed by atoms with Crippen molar-refractivity contribution < 1.29 is 26.3 Å². The van der Waals surface area contributed by atoms with E-state index in [0.717, 1.165) is 18.6 Å². The van der Waals surface area contributed by atoms with E-state index in [1.807, 2.05) is 0 Å². The summed E-state index contributed by atoms with van der Waals surface area (Å²) < 4.78 is 83.1. The second-order valence-corrected chi connectivity index (χ2v) is 9.51. The Morgan fingerprint density at radius 2 is 1.27 bits per heavy atom. The summed E-state index contributed by atoms with van der Waals surface area (Å²) in [5.74, 6) is -1.75. The first-order chi connectivity index (χ1) is 12.0. The molecule has 1 spiro atoms. The molecular formula is C17H16F6N2S. The number of nitriles is 2. The molecule has 2 nitrogen and oxygen atoms in total. The van der Waals surface area contributed by atoms with Crippen LogP contribution < -0.4 is 0 Å². The maximum Gasteiger partial charge on any atom is 0.410 e. The fourth-order valence-electron chi connectivity index (χ4n) is 6.69. The van der Waals surface area contributed by atoms with E-state index >= 15 is 0 Å². The number of hydrogen-bond acceptors (Lipinski definition) is 3. The van der Waals surface area contributed by atoms with Crippen LogP contribution in [0.4, 0.5) is 26.3 Å². The fraction of sp³-hybridized carbons (Fsp3) is 0.882. The van der Waals surface area contributed by atoms with Crippen molar-refractivity contribution in [3.63, 3.8) is 0 Å². The Bertz CT molecular complexity index is 689. The Labute approximate surface area is 150 Å². The normalized spacial score (nSPS) is 50.0. The number of halogens is 6. The Morgan fingerprint density at radius 1 is 0.769 bits per heavy atom. The van der Waals surface area contributed by atoms with Crippen LogP contribution in [0.1, 0.15) is 32.1 Å². The molecule has 9 heteroatoms. The molecule has 0 N–H and O–H groups in total. The molecular weight excluding hydrogens is 378 g/mol. The molecule has 2 atom stereocenters. The number of alkyl halides is 6. The zero-order valence-electron chi connectivity index (χ0n) is 13.6. The summed E-state index contributed by atoms with van der Waals surface area (Å²) in [5, 5.41) is 19.1. The van der Waals surface area contributed by atoms with Crippen molar-refractivity contribution in [2.24, 2.45) is 34.5 Å². The predicted octanol–water partition coefficient (Wildman–Crippen LogP) is 5.07. The van der Waals surface area contributed by atoms with E-state index in [4.69, 9.17) is 0 Å². The lowest BCUT2D eigenvalue weighted by molar-refractivity contribution is -0.316. The van der Waals surface area contributed by atoms with E-state index in [9.17, 15) is 36.9 Å². The number of rotatable bonds is 0. The first-order valence-electron chi connectivity index (χ1n) is 8.59. The van der Waals surface area contributed by atoms with Gasteiger partial charge in [-0.2, -0.15) is 48.6 Å². The molecule has 0 aromatic heterocycles. The summed E-state index contributed by atoms with van der Waals surface area (Å²) in [4.78, 5) is 0. The Hall–Kier alpha value is -1.09. The van der Waals surface area contributed by atoms with E-state index in [1.165, 1.54) is 0 Å². The lowest BCUT2D eigenvalue weighted by Gasteiger charge is -2.64. The topological polar surface area (TPSA) is 47.6 Å². The van der Waals surface area contributed by atoms with Gasteiger partial charge in [0.05, 0.1) is 16.9 Å². The molecule has 0 unspecified atom stereocenters. The zero-order valence-corrected chi connectivity index (χ0v) is 14.4. The molecule has 0 radical (unpaired) electrons. The van der Waals surface area contributed by atoms with Crippen LogP contribution in [0.2, 0.25) is 0 Å². The van der Waals surface area contributed by atoms with Crippen LogP contribution in [0.5, 0.6) is 0 Å². The highest BCUT2D eigenvalue weighted by Crippen LogP contribution is 2.80. The molecule has 26 heavy (non-hydrogen) atoms. The maximum atomic E-state index is 14.4. The van der Waals surface area contributed by atoms with Crippen molar-refractivity contribution in [3.05, 3.63) is 0 Å². The third-order valence-electron chi connectivity index (χ3n) is 7.37. The molecule has 4 saturated carbocycles. The van der Waals surface area contributed by atoms with Crippen molar-refractivity contribution in [2.45, 2.75) is 49.2 Å². The van der Waals surface area contributed by atoms with Crippen LogP contribution in [0.3, 0.4) is 0 Å². The SMILES string of the molecule is N#C[C@@]1(C(F)(F)F)C2(SC[C@@]1(C#N)C(F)(F)F)C1CC3CC(C1)CC2C3.